The Labute approximate surface area is 143 Å². The van der Waals surface area contributed by atoms with Crippen LogP contribution < -0.4 is 0 Å². The van der Waals surface area contributed by atoms with Crippen molar-refractivity contribution < 1.29 is 14.3 Å². The minimum atomic E-state index is -0.207. The zero-order valence-electron chi connectivity index (χ0n) is 14.2. The van der Waals surface area contributed by atoms with Crippen molar-refractivity contribution in [3.05, 3.63) is 35.4 Å². The summed E-state index contributed by atoms with van der Waals surface area (Å²) in [6.07, 6.45) is 0.753. The molecule has 6 heteroatoms. The molecule has 2 heterocycles. The molecule has 0 aliphatic carbocycles. The van der Waals surface area contributed by atoms with Gasteiger partial charge in [0.15, 0.2) is 0 Å². The first-order chi connectivity index (χ1) is 11.6. The largest absolute Gasteiger partial charge is 0.448 e. The van der Waals surface area contributed by atoms with Crippen LogP contribution in [0.3, 0.4) is 0 Å². The van der Waals surface area contributed by atoms with E-state index in [1.54, 1.807) is 4.90 Å². The number of carbonyl (C=O) groups excluding carboxylic acids is 2. The molecular formula is C18H25N3O3. The molecule has 0 unspecified atom stereocenters. The highest BCUT2D eigenvalue weighted by atomic mass is 16.6. The Hall–Kier alpha value is -2.08. The Morgan fingerprint density at radius 1 is 1.12 bits per heavy atom. The molecule has 2 aliphatic rings. The summed E-state index contributed by atoms with van der Waals surface area (Å²) >= 11 is 0. The highest BCUT2D eigenvalue weighted by Gasteiger charge is 2.24. The number of hydrogen-bond donors (Lipinski definition) is 0. The number of hydrogen-bond acceptors (Lipinski definition) is 4. The lowest BCUT2D eigenvalue weighted by molar-refractivity contribution is 0.0761. The van der Waals surface area contributed by atoms with Crippen molar-refractivity contribution in [3.63, 3.8) is 0 Å². The van der Waals surface area contributed by atoms with Gasteiger partial charge < -0.3 is 14.5 Å². The van der Waals surface area contributed by atoms with E-state index in [0.717, 1.165) is 50.3 Å². The Bertz CT molecular complexity index is 605. The van der Waals surface area contributed by atoms with Gasteiger partial charge in [-0.15, -0.1) is 0 Å². The SMILES string of the molecule is Cc1cccc(C(=O)N2CCCN(CCN3CCOC3=O)CC2)c1. The van der Waals surface area contributed by atoms with Crippen LogP contribution in [0.15, 0.2) is 24.3 Å². The Kier molecular flexibility index (Phi) is 5.35. The molecule has 1 aromatic rings. The van der Waals surface area contributed by atoms with E-state index in [1.807, 2.05) is 36.1 Å². The number of benzene rings is 1. The van der Waals surface area contributed by atoms with Crippen LogP contribution in [0, 0.1) is 6.92 Å². The molecule has 0 saturated carbocycles. The number of aryl methyl sites for hydroxylation is 1. The summed E-state index contributed by atoms with van der Waals surface area (Å²) < 4.78 is 4.95. The number of carbonyl (C=O) groups is 2. The van der Waals surface area contributed by atoms with Crippen molar-refractivity contribution in [2.45, 2.75) is 13.3 Å². The van der Waals surface area contributed by atoms with Gasteiger partial charge in [0.25, 0.3) is 5.91 Å². The van der Waals surface area contributed by atoms with Crippen molar-refractivity contribution >= 4 is 12.0 Å². The molecule has 24 heavy (non-hydrogen) atoms. The van der Waals surface area contributed by atoms with Crippen LogP contribution in [0.1, 0.15) is 22.3 Å². The van der Waals surface area contributed by atoms with E-state index in [-0.39, 0.29) is 12.0 Å². The zero-order valence-corrected chi connectivity index (χ0v) is 14.2. The third-order valence-electron chi connectivity index (χ3n) is 4.67. The molecule has 1 aromatic carbocycles. The van der Waals surface area contributed by atoms with E-state index in [0.29, 0.717) is 19.7 Å². The maximum absolute atomic E-state index is 12.7. The van der Waals surface area contributed by atoms with Crippen molar-refractivity contribution in [2.24, 2.45) is 0 Å². The summed E-state index contributed by atoms with van der Waals surface area (Å²) in [4.78, 5) is 30.2. The van der Waals surface area contributed by atoms with Crippen molar-refractivity contribution in [1.82, 2.24) is 14.7 Å². The van der Waals surface area contributed by atoms with E-state index >= 15 is 0 Å². The summed E-state index contributed by atoms with van der Waals surface area (Å²) in [5.74, 6) is 0.115. The Balaban J connectivity index is 1.51. The van der Waals surface area contributed by atoms with Crippen molar-refractivity contribution in [1.29, 1.82) is 0 Å². The van der Waals surface area contributed by atoms with Crippen molar-refractivity contribution in [3.8, 4) is 0 Å². The Morgan fingerprint density at radius 2 is 2.00 bits per heavy atom. The number of ether oxygens (including phenoxy) is 1. The molecule has 0 radical (unpaired) electrons. The molecule has 130 valence electrons. The first kappa shape index (κ1) is 16.8. The predicted molar refractivity (Wildman–Crippen MR) is 91.1 cm³/mol. The van der Waals surface area contributed by atoms with Crippen LogP contribution in [0.25, 0.3) is 0 Å². The second kappa shape index (κ2) is 7.66. The van der Waals surface area contributed by atoms with Gasteiger partial charge in [0, 0.05) is 38.3 Å². The highest BCUT2D eigenvalue weighted by Crippen LogP contribution is 2.11. The fourth-order valence-corrected chi connectivity index (χ4v) is 3.25. The molecule has 3 rings (SSSR count). The quantitative estimate of drug-likeness (QED) is 0.841. The third kappa shape index (κ3) is 4.06. The van der Waals surface area contributed by atoms with E-state index in [9.17, 15) is 9.59 Å². The molecule has 0 N–H and O–H groups in total. The van der Waals surface area contributed by atoms with Crippen LogP contribution >= 0.6 is 0 Å². The predicted octanol–water partition coefficient (Wildman–Crippen LogP) is 1.60. The van der Waals surface area contributed by atoms with E-state index < -0.39 is 0 Å². The van der Waals surface area contributed by atoms with Gasteiger partial charge in [0.05, 0.1) is 6.54 Å². The Morgan fingerprint density at radius 3 is 2.75 bits per heavy atom. The number of nitrogens with zero attached hydrogens (tertiary/aromatic N) is 3. The van der Waals surface area contributed by atoms with Gasteiger partial charge in [0.1, 0.15) is 6.61 Å². The van der Waals surface area contributed by atoms with Gasteiger partial charge in [-0.25, -0.2) is 4.79 Å². The molecule has 2 fully saturated rings. The molecule has 0 bridgehead atoms. The van der Waals surface area contributed by atoms with Crippen molar-refractivity contribution in [2.75, 3.05) is 52.4 Å². The lowest BCUT2D eigenvalue weighted by Crippen LogP contribution is -2.38. The van der Waals surface area contributed by atoms with Gasteiger partial charge in [0.2, 0.25) is 0 Å². The summed E-state index contributed by atoms with van der Waals surface area (Å²) in [5, 5.41) is 0. The normalized spacial score (nSPS) is 19.3. The lowest BCUT2D eigenvalue weighted by Gasteiger charge is -2.23. The average Bonchev–Trinajstić information content (AvgIpc) is 2.84. The average molecular weight is 331 g/mol. The molecule has 0 aromatic heterocycles. The second-order valence-corrected chi connectivity index (χ2v) is 6.46. The summed E-state index contributed by atoms with van der Waals surface area (Å²) in [6.45, 7) is 8.05. The molecular weight excluding hydrogens is 306 g/mol. The fraction of sp³-hybridized carbons (Fsp3) is 0.556. The molecule has 2 saturated heterocycles. The molecule has 2 aliphatic heterocycles. The van der Waals surface area contributed by atoms with Crippen LogP contribution in [-0.4, -0.2) is 79.1 Å². The first-order valence-corrected chi connectivity index (χ1v) is 8.63. The van der Waals surface area contributed by atoms with Crippen LogP contribution in [0.5, 0.6) is 0 Å². The first-order valence-electron chi connectivity index (χ1n) is 8.63. The summed E-state index contributed by atoms with van der Waals surface area (Å²) in [6, 6.07) is 7.77. The molecule has 0 atom stereocenters. The fourth-order valence-electron chi connectivity index (χ4n) is 3.25. The second-order valence-electron chi connectivity index (χ2n) is 6.46. The molecule has 2 amide bonds. The maximum atomic E-state index is 12.7. The van der Waals surface area contributed by atoms with Gasteiger partial charge in [-0.05, 0) is 32.0 Å². The monoisotopic (exact) mass is 331 g/mol. The van der Waals surface area contributed by atoms with Crippen LogP contribution in [0.2, 0.25) is 0 Å². The highest BCUT2D eigenvalue weighted by molar-refractivity contribution is 5.94. The minimum Gasteiger partial charge on any atom is -0.448 e. The maximum Gasteiger partial charge on any atom is 0.409 e. The number of amides is 2. The smallest absolute Gasteiger partial charge is 0.409 e. The minimum absolute atomic E-state index is 0.115. The summed E-state index contributed by atoms with van der Waals surface area (Å²) in [5.41, 5.74) is 1.87. The van der Waals surface area contributed by atoms with Crippen LogP contribution in [0.4, 0.5) is 4.79 Å². The topological polar surface area (TPSA) is 53.1 Å². The summed E-state index contributed by atoms with van der Waals surface area (Å²) in [7, 11) is 0. The van der Waals surface area contributed by atoms with Gasteiger partial charge in [-0.1, -0.05) is 17.7 Å². The van der Waals surface area contributed by atoms with Crippen LogP contribution in [-0.2, 0) is 4.74 Å². The van der Waals surface area contributed by atoms with Gasteiger partial charge in [-0.2, -0.15) is 0 Å². The van der Waals surface area contributed by atoms with Gasteiger partial charge in [-0.3, -0.25) is 9.69 Å². The third-order valence-corrected chi connectivity index (χ3v) is 4.67. The molecule has 6 nitrogen and oxygen atoms in total. The number of cyclic esters (lactones) is 1. The lowest BCUT2D eigenvalue weighted by atomic mass is 10.1. The van der Waals surface area contributed by atoms with Gasteiger partial charge >= 0.3 is 6.09 Å². The number of rotatable bonds is 4. The molecule has 0 spiro atoms. The standard InChI is InChI=1S/C18H25N3O3/c1-15-4-2-5-16(14-15)17(22)20-7-3-6-19(8-10-20)9-11-21-12-13-24-18(21)23/h2,4-5,14H,3,6-13H2,1H3. The van der Waals surface area contributed by atoms with E-state index in [1.165, 1.54) is 0 Å². The van der Waals surface area contributed by atoms with E-state index in [2.05, 4.69) is 4.90 Å². The zero-order chi connectivity index (χ0) is 16.9. The van der Waals surface area contributed by atoms with E-state index in [4.69, 9.17) is 4.74 Å².